The van der Waals surface area contributed by atoms with Gasteiger partial charge in [0.2, 0.25) is 0 Å². The summed E-state index contributed by atoms with van der Waals surface area (Å²) >= 11 is 0. The fourth-order valence-electron chi connectivity index (χ4n) is 1.49. The highest BCUT2D eigenvalue weighted by Gasteiger charge is 2.04. The summed E-state index contributed by atoms with van der Waals surface area (Å²) < 4.78 is 13.2. The van der Waals surface area contributed by atoms with Gasteiger partial charge in [-0.1, -0.05) is 18.2 Å². The lowest BCUT2D eigenvalue weighted by Gasteiger charge is -2.12. The van der Waals surface area contributed by atoms with Crippen molar-refractivity contribution >= 4 is 0 Å². The van der Waals surface area contributed by atoms with E-state index >= 15 is 0 Å². The first-order chi connectivity index (χ1) is 7.24. The summed E-state index contributed by atoms with van der Waals surface area (Å²) in [6.45, 7) is 2.78. The maximum atomic E-state index is 13.2. The molecule has 2 nitrogen and oxygen atoms in total. The number of aliphatic hydroxyl groups excluding tert-OH is 1. The molecule has 1 aromatic carbocycles. The van der Waals surface area contributed by atoms with Gasteiger partial charge in [0.1, 0.15) is 5.82 Å². The summed E-state index contributed by atoms with van der Waals surface area (Å²) in [5, 5.41) is 11.8. The molecule has 15 heavy (non-hydrogen) atoms. The molecule has 0 aliphatic heterocycles. The molecule has 0 aliphatic carbocycles. The molecule has 0 saturated carbocycles. The minimum absolute atomic E-state index is 0.133. The Morgan fingerprint density at radius 1 is 1.40 bits per heavy atom. The average molecular weight is 211 g/mol. The van der Waals surface area contributed by atoms with E-state index in [1.807, 2.05) is 19.1 Å². The van der Waals surface area contributed by atoms with Gasteiger partial charge in [-0.25, -0.2) is 4.39 Å². The molecule has 1 unspecified atom stereocenters. The van der Waals surface area contributed by atoms with Gasteiger partial charge in [0.15, 0.2) is 0 Å². The van der Waals surface area contributed by atoms with Crippen molar-refractivity contribution in [1.82, 2.24) is 5.32 Å². The Balaban J connectivity index is 2.33. The van der Waals surface area contributed by atoms with Gasteiger partial charge in [-0.15, -0.1) is 0 Å². The van der Waals surface area contributed by atoms with Crippen LogP contribution >= 0.6 is 0 Å². The third-order valence-electron chi connectivity index (χ3n) is 2.41. The van der Waals surface area contributed by atoms with Crippen LogP contribution in [0.15, 0.2) is 24.3 Å². The first-order valence-corrected chi connectivity index (χ1v) is 5.31. The van der Waals surface area contributed by atoms with E-state index in [0.29, 0.717) is 12.6 Å². The molecule has 0 aromatic heterocycles. The molecule has 0 bridgehead atoms. The number of aliphatic hydroxyl groups is 1. The highest BCUT2D eigenvalue weighted by atomic mass is 19.1. The SMILES string of the molecule is CC(CCc1ccccc1F)NCCO. The van der Waals surface area contributed by atoms with Crippen LogP contribution in [-0.2, 0) is 6.42 Å². The van der Waals surface area contributed by atoms with Crippen molar-refractivity contribution in [3.63, 3.8) is 0 Å². The van der Waals surface area contributed by atoms with Crippen molar-refractivity contribution in [2.75, 3.05) is 13.2 Å². The van der Waals surface area contributed by atoms with Crippen molar-refractivity contribution < 1.29 is 9.50 Å². The van der Waals surface area contributed by atoms with E-state index in [1.54, 1.807) is 6.07 Å². The highest BCUT2D eigenvalue weighted by Crippen LogP contribution is 2.09. The predicted octanol–water partition coefficient (Wildman–Crippen LogP) is 1.73. The number of hydrogen-bond acceptors (Lipinski definition) is 2. The molecular formula is C12H18FNO. The molecule has 84 valence electrons. The molecule has 0 amide bonds. The Hall–Kier alpha value is -0.930. The molecule has 0 heterocycles. The fourth-order valence-corrected chi connectivity index (χ4v) is 1.49. The lowest BCUT2D eigenvalue weighted by atomic mass is 10.1. The monoisotopic (exact) mass is 211 g/mol. The van der Waals surface area contributed by atoms with Gasteiger partial charge in [-0.3, -0.25) is 0 Å². The van der Waals surface area contributed by atoms with Gasteiger partial charge in [0.25, 0.3) is 0 Å². The van der Waals surface area contributed by atoms with E-state index in [1.165, 1.54) is 6.07 Å². The number of aryl methyl sites for hydroxylation is 1. The molecule has 0 fully saturated rings. The van der Waals surface area contributed by atoms with Crippen molar-refractivity contribution in [2.24, 2.45) is 0 Å². The van der Waals surface area contributed by atoms with Gasteiger partial charge in [-0.2, -0.15) is 0 Å². The molecular weight excluding hydrogens is 193 g/mol. The summed E-state index contributed by atoms with van der Waals surface area (Å²) in [7, 11) is 0. The van der Waals surface area contributed by atoms with Crippen molar-refractivity contribution in [3.8, 4) is 0 Å². The van der Waals surface area contributed by atoms with Crippen LogP contribution in [0.1, 0.15) is 18.9 Å². The third kappa shape index (κ3) is 4.40. The molecule has 1 rings (SSSR count). The normalized spacial score (nSPS) is 12.7. The van der Waals surface area contributed by atoms with Crippen LogP contribution in [0, 0.1) is 5.82 Å². The maximum absolute atomic E-state index is 13.2. The second-order valence-electron chi connectivity index (χ2n) is 3.71. The Kier molecular flexibility index (Phi) is 5.29. The predicted molar refractivity (Wildman–Crippen MR) is 59.3 cm³/mol. The zero-order valence-corrected chi connectivity index (χ0v) is 9.04. The standard InChI is InChI=1S/C12H18FNO/c1-10(14-8-9-15)6-7-11-4-2-3-5-12(11)13/h2-5,10,14-15H,6-9H2,1H3. The Labute approximate surface area is 90.1 Å². The van der Waals surface area contributed by atoms with Crippen molar-refractivity contribution in [1.29, 1.82) is 0 Å². The number of nitrogens with one attached hydrogen (secondary N) is 1. The number of benzene rings is 1. The molecule has 0 saturated heterocycles. The van der Waals surface area contributed by atoms with Gasteiger partial charge >= 0.3 is 0 Å². The molecule has 0 spiro atoms. The lowest BCUT2D eigenvalue weighted by molar-refractivity contribution is 0.284. The number of hydrogen-bond donors (Lipinski definition) is 2. The highest BCUT2D eigenvalue weighted by molar-refractivity contribution is 5.17. The first kappa shape index (κ1) is 12.1. The Bertz CT molecular complexity index is 291. The lowest BCUT2D eigenvalue weighted by Crippen LogP contribution is -2.29. The van der Waals surface area contributed by atoms with Crippen LogP contribution in [0.5, 0.6) is 0 Å². The second kappa shape index (κ2) is 6.53. The Morgan fingerprint density at radius 3 is 2.80 bits per heavy atom. The van der Waals surface area contributed by atoms with Crippen molar-refractivity contribution in [3.05, 3.63) is 35.6 Å². The van der Waals surface area contributed by atoms with Gasteiger partial charge in [-0.05, 0) is 31.4 Å². The summed E-state index contributed by atoms with van der Waals surface area (Å²) in [6, 6.07) is 7.16. The molecule has 1 aromatic rings. The minimum Gasteiger partial charge on any atom is -0.395 e. The second-order valence-corrected chi connectivity index (χ2v) is 3.71. The van der Waals surface area contributed by atoms with Crippen LogP contribution in [0.3, 0.4) is 0 Å². The Morgan fingerprint density at radius 2 is 2.13 bits per heavy atom. The van der Waals surface area contributed by atoms with E-state index in [2.05, 4.69) is 5.32 Å². The summed E-state index contributed by atoms with van der Waals surface area (Å²) in [5.41, 5.74) is 0.759. The molecule has 0 aliphatic rings. The maximum Gasteiger partial charge on any atom is 0.126 e. The zero-order chi connectivity index (χ0) is 11.1. The topological polar surface area (TPSA) is 32.3 Å². The largest absolute Gasteiger partial charge is 0.395 e. The van der Waals surface area contributed by atoms with E-state index in [4.69, 9.17) is 5.11 Å². The van der Waals surface area contributed by atoms with Crippen LogP contribution in [0.25, 0.3) is 0 Å². The molecule has 2 N–H and O–H groups in total. The third-order valence-corrected chi connectivity index (χ3v) is 2.41. The van der Waals surface area contributed by atoms with Crippen LogP contribution in [-0.4, -0.2) is 24.3 Å². The van der Waals surface area contributed by atoms with Crippen LogP contribution < -0.4 is 5.32 Å². The van der Waals surface area contributed by atoms with Gasteiger partial charge in [0.05, 0.1) is 6.61 Å². The zero-order valence-electron chi connectivity index (χ0n) is 9.04. The summed E-state index contributed by atoms with van der Waals surface area (Å²) in [5.74, 6) is -0.133. The summed E-state index contributed by atoms with van der Waals surface area (Å²) in [4.78, 5) is 0. The quantitative estimate of drug-likeness (QED) is 0.751. The van der Waals surface area contributed by atoms with E-state index in [9.17, 15) is 4.39 Å². The van der Waals surface area contributed by atoms with E-state index in [-0.39, 0.29) is 12.4 Å². The smallest absolute Gasteiger partial charge is 0.126 e. The van der Waals surface area contributed by atoms with E-state index in [0.717, 1.165) is 18.4 Å². The average Bonchev–Trinajstić information content (AvgIpc) is 2.25. The van der Waals surface area contributed by atoms with Crippen molar-refractivity contribution in [2.45, 2.75) is 25.8 Å². The van der Waals surface area contributed by atoms with Crippen LogP contribution in [0.2, 0.25) is 0 Å². The summed E-state index contributed by atoms with van der Waals surface area (Å²) in [6.07, 6.45) is 1.60. The molecule has 1 atom stereocenters. The van der Waals surface area contributed by atoms with Gasteiger partial charge in [0, 0.05) is 12.6 Å². The van der Waals surface area contributed by atoms with E-state index < -0.39 is 0 Å². The first-order valence-electron chi connectivity index (χ1n) is 5.31. The number of rotatable bonds is 6. The minimum atomic E-state index is -0.133. The number of halogens is 1. The molecule has 0 radical (unpaired) electrons. The molecule has 3 heteroatoms. The van der Waals surface area contributed by atoms with Crippen LogP contribution in [0.4, 0.5) is 4.39 Å². The fraction of sp³-hybridized carbons (Fsp3) is 0.500. The van der Waals surface area contributed by atoms with Gasteiger partial charge < -0.3 is 10.4 Å².